The van der Waals surface area contributed by atoms with E-state index < -0.39 is 11.8 Å². The minimum Gasteiger partial charge on any atom is -0.351 e. The molecule has 1 spiro atoms. The maximum Gasteiger partial charge on any atom is 0.237 e. The Kier molecular flexibility index (Phi) is 4.78. The van der Waals surface area contributed by atoms with Gasteiger partial charge >= 0.3 is 0 Å². The van der Waals surface area contributed by atoms with E-state index in [9.17, 15) is 4.79 Å². The van der Waals surface area contributed by atoms with Gasteiger partial charge in [0.15, 0.2) is 5.79 Å². The van der Waals surface area contributed by atoms with E-state index in [1.165, 1.54) is 0 Å². The van der Waals surface area contributed by atoms with Crippen molar-refractivity contribution in [1.29, 1.82) is 0 Å². The van der Waals surface area contributed by atoms with Gasteiger partial charge in [-0.15, -0.1) is 0 Å². The van der Waals surface area contributed by atoms with Crippen molar-refractivity contribution in [3.63, 3.8) is 0 Å². The van der Waals surface area contributed by atoms with Gasteiger partial charge in [0.25, 0.3) is 0 Å². The van der Waals surface area contributed by atoms with Crippen LogP contribution < -0.4 is 16.4 Å². The Bertz CT molecular complexity index is 311. The van der Waals surface area contributed by atoms with Crippen molar-refractivity contribution in [2.24, 2.45) is 11.7 Å². The van der Waals surface area contributed by atoms with Crippen LogP contribution in [-0.2, 0) is 14.3 Å². The van der Waals surface area contributed by atoms with Crippen LogP contribution in [0.25, 0.3) is 0 Å². The van der Waals surface area contributed by atoms with E-state index in [4.69, 9.17) is 15.2 Å². The molecule has 0 bridgehead atoms. The molecule has 0 saturated carbocycles. The van der Waals surface area contributed by atoms with Crippen LogP contribution in [0.1, 0.15) is 26.7 Å². The highest BCUT2D eigenvalue weighted by Crippen LogP contribution is 2.26. The van der Waals surface area contributed by atoms with E-state index in [1.807, 2.05) is 13.8 Å². The summed E-state index contributed by atoms with van der Waals surface area (Å²) in [5.41, 5.74) is 5.85. The van der Waals surface area contributed by atoms with Crippen LogP contribution in [0.4, 0.5) is 0 Å². The molecule has 0 aromatic carbocycles. The zero-order chi connectivity index (χ0) is 13.9. The zero-order valence-corrected chi connectivity index (χ0v) is 11.8. The van der Waals surface area contributed by atoms with Crippen LogP contribution in [0.3, 0.4) is 0 Å². The maximum absolute atomic E-state index is 12.0. The van der Waals surface area contributed by atoms with E-state index in [1.54, 1.807) is 0 Å². The van der Waals surface area contributed by atoms with Crippen molar-refractivity contribution in [2.75, 3.05) is 26.3 Å². The molecule has 4 N–H and O–H groups in total. The fourth-order valence-electron chi connectivity index (χ4n) is 2.50. The van der Waals surface area contributed by atoms with Crippen molar-refractivity contribution in [2.45, 2.75) is 44.6 Å². The van der Waals surface area contributed by atoms with Crippen molar-refractivity contribution >= 4 is 5.91 Å². The molecular weight excluding hydrogens is 246 g/mol. The molecule has 110 valence electrons. The standard InChI is InChI=1S/C13H25N3O3/c1-9(2)11(14)12(17)16-10-6-13(8-15-7-10)18-4-3-5-19-13/h9-11,15H,3-8,14H2,1-2H3,(H,16,17). The number of carbonyl (C=O) groups excluding carboxylic acids is 1. The molecule has 2 fully saturated rings. The van der Waals surface area contributed by atoms with Crippen LogP contribution in [0.2, 0.25) is 0 Å². The molecular formula is C13H25N3O3. The van der Waals surface area contributed by atoms with Gasteiger partial charge in [0, 0.05) is 25.6 Å². The van der Waals surface area contributed by atoms with Crippen LogP contribution in [0.5, 0.6) is 0 Å². The molecule has 2 rings (SSSR count). The molecule has 2 unspecified atom stereocenters. The number of rotatable bonds is 3. The fraction of sp³-hybridized carbons (Fsp3) is 0.923. The molecule has 0 aromatic rings. The van der Waals surface area contributed by atoms with E-state index >= 15 is 0 Å². The summed E-state index contributed by atoms with van der Waals surface area (Å²) in [5.74, 6) is -0.543. The number of nitrogens with one attached hydrogen (secondary N) is 2. The Labute approximate surface area is 114 Å². The summed E-state index contributed by atoms with van der Waals surface area (Å²) in [7, 11) is 0. The van der Waals surface area contributed by atoms with Gasteiger partial charge in [-0.25, -0.2) is 0 Å². The van der Waals surface area contributed by atoms with E-state index in [-0.39, 0.29) is 17.9 Å². The number of ether oxygens (including phenoxy) is 2. The molecule has 0 radical (unpaired) electrons. The first-order valence-electron chi connectivity index (χ1n) is 7.07. The Balaban J connectivity index is 1.89. The molecule has 6 heteroatoms. The summed E-state index contributed by atoms with van der Waals surface area (Å²) in [6.45, 7) is 6.72. The first-order valence-corrected chi connectivity index (χ1v) is 7.07. The van der Waals surface area contributed by atoms with Gasteiger partial charge in [0.1, 0.15) is 0 Å². The second kappa shape index (κ2) is 6.17. The lowest BCUT2D eigenvalue weighted by Crippen LogP contribution is -2.61. The normalized spacial score (nSPS) is 28.3. The maximum atomic E-state index is 12.0. The smallest absolute Gasteiger partial charge is 0.237 e. The highest BCUT2D eigenvalue weighted by Gasteiger charge is 2.40. The second-order valence-corrected chi connectivity index (χ2v) is 5.77. The van der Waals surface area contributed by atoms with Crippen LogP contribution in [0.15, 0.2) is 0 Å². The third-order valence-electron chi connectivity index (χ3n) is 3.73. The first kappa shape index (κ1) is 14.7. The lowest BCUT2D eigenvalue weighted by molar-refractivity contribution is -0.274. The average molecular weight is 271 g/mol. The van der Waals surface area contributed by atoms with Crippen molar-refractivity contribution in [3.05, 3.63) is 0 Å². The predicted octanol–water partition coefficient (Wildman–Crippen LogP) is -0.419. The topological polar surface area (TPSA) is 85.6 Å². The molecule has 2 aliphatic rings. The number of hydrogen-bond acceptors (Lipinski definition) is 5. The molecule has 19 heavy (non-hydrogen) atoms. The largest absolute Gasteiger partial charge is 0.351 e. The molecule has 2 atom stereocenters. The number of amides is 1. The van der Waals surface area contributed by atoms with Crippen LogP contribution in [0, 0.1) is 5.92 Å². The van der Waals surface area contributed by atoms with Gasteiger partial charge in [0.05, 0.1) is 19.3 Å². The second-order valence-electron chi connectivity index (χ2n) is 5.77. The summed E-state index contributed by atoms with van der Waals surface area (Å²) in [6, 6.07) is -0.463. The Hall–Kier alpha value is -0.690. The average Bonchev–Trinajstić information content (AvgIpc) is 2.38. The van der Waals surface area contributed by atoms with E-state index in [2.05, 4.69) is 10.6 Å². The lowest BCUT2D eigenvalue weighted by Gasteiger charge is -2.43. The van der Waals surface area contributed by atoms with Crippen molar-refractivity contribution < 1.29 is 14.3 Å². The molecule has 6 nitrogen and oxygen atoms in total. The molecule has 2 aliphatic heterocycles. The van der Waals surface area contributed by atoms with Gasteiger partial charge < -0.3 is 25.8 Å². The Morgan fingerprint density at radius 1 is 1.42 bits per heavy atom. The summed E-state index contributed by atoms with van der Waals surface area (Å²) in [6.07, 6.45) is 1.60. The SMILES string of the molecule is CC(C)C(N)C(=O)NC1CNCC2(C1)OCCCO2. The predicted molar refractivity (Wildman–Crippen MR) is 71.5 cm³/mol. The highest BCUT2D eigenvalue weighted by molar-refractivity contribution is 5.82. The lowest BCUT2D eigenvalue weighted by atomic mass is 9.98. The molecule has 0 aliphatic carbocycles. The molecule has 1 amide bonds. The fourth-order valence-corrected chi connectivity index (χ4v) is 2.50. The molecule has 2 heterocycles. The highest BCUT2D eigenvalue weighted by atomic mass is 16.7. The monoisotopic (exact) mass is 271 g/mol. The summed E-state index contributed by atoms with van der Waals surface area (Å²) in [5, 5.41) is 6.25. The van der Waals surface area contributed by atoms with Crippen molar-refractivity contribution in [3.8, 4) is 0 Å². The van der Waals surface area contributed by atoms with Gasteiger partial charge in [-0.05, 0) is 12.3 Å². The van der Waals surface area contributed by atoms with Gasteiger partial charge in [-0.2, -0.15) is 0 Å². The third kappa shape index (κ3) is 3.66. The Morgan fingerprint density at radius 3 is 2.74 bits per heavy atom. The summed E-state index contributed by atoms with van der Waals surface area (Å²) >= 11 is 0. The first-order chi connectivity index (χ1) is 9.02. The molecule has 2 saturated heterocycles. The van der Waals surface area contributed by atoms with Gasteiger partial charge in [-0.1, -0.05) is 13.8 Å². The number of carbonyl (C=O) groups is 1. The number of nitrogens with two attached hydrogens (primary N) is 1. The Morgan fingerprint density at radius 2 is 2.11 bits per heavy atom. The van der Waals surface area contributed by atoms with Gasteiger partial charge in [-0.3, -0.25) is 4.79 Å². The number of piperidine rings is 1. The minimum absolute atomic E-state index is 0.00384. The summed E-state index contributed by atoms with van der Waals surface area (Å²) in [4.78, 5) is 12.0. The van der Waals surface area contributed by atoms with Gasteiger partial charge in [0.2, 0.25) is 5.91 Å². The zero-order valence-electron chi connectivity index (χ0n) is 11.8. The third-order valence-corrected chi connectivity index (χ3v) is 3.73. The van der Waals surface area contributed by atoms with Crippen LogP contribution in [-0.4, -0.2) is 50.1 Å². The molecule has 0 aromatic heterocycles. The van der Waals surface area contributed by atoms with Crippen molar-refractivity contribution in [1.82, 2.24) is 10.6 Å². The van der Waals surface area contributed by atoms with Crippen LogP contribution >= 0.6 is 0 Å². The van der Waals surface area contributed by atoms with E-state index in [0.717, 1.165) is 13.0 Å². The summed E-state index contributed by atoms with van der Waals surface area (Å²) < 4.78 is 11.5. The minimum atomic E-state index is -0.573. The number of hydrogen-bond donors (Lipinski definition) is 3. The quantitative estimate of drug-likeness (QED) is 0.649. The van der Waals surface area contributed by atoms with E-state index in [0.29, 0.717) is 26.2 Å².